The number of hydrogen-bond acceptors (Lipinski definition) is 4. The highest BCUT2D eigenvalue weighted by molar-refractivity contribution is 5.91. The molecule has 3 aromatic rings. The summed E-state index contributed by atoms with van der Waals surface area (Å²) in [6.07, 6.45) is 7.99. The summed E-state index contributed by atoms with van der Waals surface area (Å²) in [5.74, 6) is -0.0769. The molecule has 0 radical (unpaired) electrons. The van der Waals surface area contributed by atoms with Gasteiger partial charge in [-0.2, -0.15) is 0 Å². The van der Waals surface area contributed by atoms with E-state index < -0.39 is 11.0 Å². The van der Waals surface area contributed by atoms with Gasteiger partial charge in [0.1, 0.15) is 11.4 Å². The maximum absolute atomic E-state index is 13.6. The first-order valence-electron chi connectivity index (χ1n) is 11.1. The molecule has 1 saturated carbocycles. The number of nitrogens with zero attached hydrogens (tertiary/aromatic N) is 3. The molecule has 3 aliphatic rings. The fourth-order valence-corrected chi connectivity index (χ4v) is 5.38. The molecule has 1 amide bonds. The molecule has 1 spiro atoms. The highest BCUT2D eigenvalue weighted by Crippen LogP contribution is 2.52. The lowest BCUT2D eigenvalue weighted by Crippen LogP contribution is -2.40. The van der Waals surface area contributed by atoms with Gasteiger partial charge in [-0.15, -0.1) is 0 Å². The number of carbonyl (C=O) groups excluding carboxylic acids is 1. The maximum Gasteiger partial charge on any atom is 0.233 e. The van der Waals surface area contributed by atoms with Crippen LogP contribution < -0.4 is 0 Å². The Morgan fingerprint density at radius 2 is 2.00 bits per heavy atom. The van der Waals surface area contributed by atoms with E-state index in [1.165, 1.54) is 17.7 Å². The first-order valence-corrected chi connectivity index (χ1v) is 11.1. The molecule has 2 aromatic heterocycles. The summed E-state index contributed by atoms with van der Waals surface area (Å²) in [6.45, 7) is 3.72. The number of ether oxygens (including phenoxy) is 1. The lowest BCUT2D eigenvalue weighted by atomic mass is 9.92. The van der Waals surface area contributed by atoms with Crippen LogP contribution in [0, 0.1) is 12.7 Å². The van der Waals surface area contributed by atoms with Crippen molar-refractivity contribution in [2.75, 3.05) is 13.1 Å². The second kappa shape index (κ2) is 6.94. The lowest BCUT2D eigenvalue weighted by molar-refractivity contribution is -0.134. The number of aromatic nitrogens is 2. The van der Waals surface area contributed by atoms with Gasteiger partial charge in [-0.3, -0.25) is 14.8 Å². The summed E-state index contributed by atoms with van der Waals surface area (Å²) in [5, 5.41) is 0. The van der Waals surface area contributed by atoms with E-state index in [0.717, 1.165) is 47.2 Å². The minimum Gasteiger partial charge on any atom is -0.364 e. The van der Waals surface area contributed by atoms with Gasteiger partial charge in [0.15, 0.2) is 0 Å². The van der Waals surface area contributed by atoms with E-state index in [-0.39, 0.29) is 11.7 Å². The SMILES string of the molecule is Cc1cc(F)ccc1-c1ccc(C2(C(=O)N3CCC4(C3)OCc3cnccc34)CC2)cn1. The molecule has 6 rings (SSSR count). The molecule has 162 valence electrons. The average molecular weight is 429 g/mol. The molecular weight excluding hydrogens is 405 g/mol. The van der Waals surface area contributed by atoms with Gasteiger partial charge < -0.3 is 9.64 Å². The van der Waals surface area contributed by atoms with Crippen molar-refractivity contribution in [3.63, 3.8) is 0 Å². The maximum atomic E-state index is 13.6. The van der Waals surface area contributed by atoms with Gasteiger partial charge in [-0.1, -0.05) is 6.07 Å². The van der Waals surface area contributed by atoms with Crippen molar-refractivity contribution in [1.82, 2.24) is 14.9 Å². The van der Waals surface area contributed by atoms with Crippen LogP contribution in [0.3, 0.4) is 0 Å². The van der Waals surface area contributed by atoms with Crippen molar-refractivity contribution < 1.29 is 13.9 Å². The Kier molecular flexibility index (Phi) is 4.24. The molecule has 0 N–H and O–H groups in total. The molecule has 5 nitrogen and oxygen atoms in total. The topological polar surface area (TPSA) is 55.3 Å². The summed E-state index contributed by atoms with van der Waals surface area (Å²) in [5.41, 5.74) is 4.93. The summed E-state index contributed by atoms with van der Waals surface area (Å²) < 4.78 is 19.6. The molecule has 0 bridgehead atoms. The highest BCUT2D eigenvalue weighted by Gasteiger charge is 2.56. The molecule has 1 atom stereocenters. The van der Waals surface area contributed by atoms with Crippen molar-refractivity contribution >= 4 is 5.91 Å². The second-order valence-electron chi connectivity index (χ2n) is 9.27. The molecule has 32 heavy (non-hydrogen) atoms. The molecular formula is C26H24FN3O2. The third-order valence-electron chi connectivity index (χ3n) is 7.36. The van der Waals surface area contributed by atoms with E-state index in [1.54, 1.807) is 12.3 Å². The Balaban J connectivity index is 1.24. The number of hydrogen-bond donors (Lipinski definition) is 0. The Bertz CT molecular complexity index is 1220. The summed E-state index contributed by atoms with van der Waals surface area (Å²) in [7, 11) is 0. The van der Waals surface area contributed by atoms with Crippen LogP contribution in [-0.2, 0) is 27.2 Å². The Morgan fingerprint density at radius 3 is 2.75 bits per heavy atom. The van der Waals surface area contributed by atoms with Gasteiger partial charge in [-0.25, -0.2) is 4.39 Å². The van der Waals surface area contributed by atoms with Crippen molar-refractivity contribution in [1.29, 1.82) is 0 Å². The summed E-state index contributed by atoms with van der Waals surface area (Å²) >= 11 is 0. The van der Waals surface area contributed by atoms with E-state index in [4.69, 9.17) is 4.74 Å². The van der Waals surface area contributed by atoms with Gasteiger partial charge in [0.2, 0.25) is 5.91 Å². The predicted molar refractivity (Wildman–Crippen MR) is 117 cm³/mol. The number of carbonyl (C=O) groups is 1. The predicted octanol–water partition coefficient (Wildman–Crippen LogP) is 4.28. The van der Waals surface area contributed by atoms with E-state index in [1.807, 2.05) is 42.4 Å². The van der Waals surface area contributed by atoms with Crippen LogP contribution in [-0.4, -0.2) is 33.9 Å². The van der Waals surface area contributed by atoms with Crippen LogP contribution >= 0.6 is 0 Å². The van der Waals surface area contributed by atoms with Crippen molar-refractivity contribution in [3.05, 3.63) is 83.1 Å². The van der Waals surface area contributed by atoms with E-state index >= 15 is 0 Å². The van der Waals surface area contributed by atoms with Crippen LogP contribution in [0.4, 0.5) is 4.39 Å². The van der Waals surface area contributed by atoms with Crippen molar-refractivity contribution in [3.8, 4) is 11.3 Å². The molecule has 1 saturated heterocycles. The molecule has 4 heterocycles. The third-order valence-corrected chi connectivity index (χ3v) is 7.36. The standard InChI is InChI=1S/C26H24FN3O2/c1-17-12-20(27)3-4-21(17)23-5-2-19(14-29-23)25(7-8-25)24(31)30-11-9-26(16-30)22-6-10-28-13-18(22)15-32-26/h2-6,10,12-14H,7-9,11,15-16H2,1H3. The van der Waals surface area contributed by atoms with Gasteiger partial charge in [0.05, 0.1) is 24.3 Å². The number of halogens is 1. The monoisotopic (exact) mass is 429 g/mol. The molecule has 1 aromatic carbocycles. The van der Waals surface area contributed by atoms with Crippen molar-refractivity contribution in [2.45, 2.75) is 43.8 Å². The normalized spacial score (nSPS) is 22.9. The van der Waals surface area contributed by atoms with Crippen LogP contribution in [0.2, 0.25) is 0 Å². The number of rotatable bonds is 3. The quantitative estimate of drug-likeness (QED) is 0.624. The number of likely N-dealkylation sites (tertiary alicyclic amines) is 1. The number of fused-ring (bicyclic) bond motifs is 2. The van der Waals surface area contributed by atoms with Crippen LogP contribution in [0.25, 0.3) is 11.3 Å². The number of amides is 1. The van der Waals surface area contributed by atoms with Gasteiger partial charge in [-0.05, 0) is 73.2 Å². The zero-order valence-corrected chi connectivity index (χ0v) is 18.0. The van der Waals surface area contributed by atoms with E-state index in [0.29, 0.717) is 19.7 Å². The first-order chi connectivity index (χ1) is 15.5. The molecule has 2 fully saturated rings. The van der Waals surface area contributed by atoms with Crippen LogP contribution in [0.15, 0.2) is 55.0 Å². The third kappa shape index (κ3) is 2.89. The molecule has 1 aliphatic carbocycles. The summed E-state index contributed by atoms with van der Waals surface area (Å²) in [6, 6.07) is 10.7. The minimum absolute atomic E-state index is 0.174. The average Bonchev–Trinajstić information content (AvgIpc) is 3.39. The minimum atomic E-state index is -0.478. The van der Waals surface area contributed by atoms with Gasteiger partial charge in [0, 0.05) is 36.3 Å². The van der Waals surface area contributed by atoms with Gasteiger partial charge in [0.25, 0.3) is 0 Å². The molecule has 1 unspecified atom stereocenters. The van der Waals surface area contributed by atoms with Crippen molar-refractivity contribution in [2.24, 2.45) is 0 Å². The largest absolute Gasteiger partial charge is 0.364 e. The number of pyridine rings is 2. The Hall–Kier alpha value is -3.12. The molecule has 2 aliphatic heterocycles. The Morgan fingerprint density at radius 1 is 1.12 bits per heavy atom. The van der Waals surface area contributed by atoms with Gasteiger partial charge >= 0.3 is 0 Å². The highest BCUT2D eigenvalue weighted by atomic mass is 19.1. The van der Waals surface area contributed by atoms with E-state index in [9.17, 15) is 9.18 Å². The van der Waals surface area contributed by atoms with Crippen LogP contribution in [0.5, 0.6) is 0 Å². The Labute approximate surface area is 186 Å². The second-order valence-corrected chi connectivity index (χ2v) is 9.27. The lowest BCUT2D eigenvalue weighted by Gasteiger charge is -2.27. The first kappa shape index (κ1) is 19.6. The van der Waals surface area contributed by atoms with E-state index in [2.05, 4.69) is 9.97 Å². The number of benzene rings is 1. The fourth-order valence-electron chi connectivity index (χ4n) is 5.38. The van der Waals surface area contributed by atoms with Crippen LogP contribution in [0.1, 0.15) is 41.5 Å². The smallest absolute Gasteiger partial charge is 0.233 e. The zero-order chi connectivity index (χ0) is 21.9. The molecule has 6 heteroatoms. The zero-order valence-electron chi connectivity index (χ0n) is 18.0. The number of aryl methyl sites for hydroxylation is 1. The fraction of sp³-hybridized carbons (Fsp3) is 0.346. The summed E-state index contributed by atoms with van der Waals surface area (Å²) in [4.78, 5) is 24.4.